The first-order valence-electron chi connectivity index (χ1n) is 8.22. The van der Waals surface area contributed by atoms with Gasteiger partial charge >= 0.3 is 0 Å². The van der Waals surface area contributed by atoms with Gasteiger partial charge in [-0.1, -0.05) is 24.3 Å². The Balaban J connectivity index is 1.62. The van der Waals surface area contributed by atoms with Crippen LogP contribution in [0.1, 0.15) is 23.3 Å². The van der Waals surface area contributed by atoms with Crippen molar-refractivity contribution in [3.05, 3.63) is 65.2 Å². The number of hydrogen-bond donors (Lipinski definition) is 2. The van der Waals surface area contributed by atoms with Gasteiger partial charge in [-0.15, -0.1) is 11.3 Å². The number of nitrogens with one attached hydrogen (secondary N) is 1. The van der Waals surface area contributed by atoms with Gasteiger partial charge in [-0.05, 0) is 36.8 Å². The third-order valence-corrected chi connectivity index (χ3v) is 5.14. The molecule has 1 unspecified atom stereocenters. The first-order valence-corrected chi connectivity index (χ1v) is 9.04. The normalized spacial score (nSPS) is 11.8. The lowest BCUT2D eigenvalue weighted by Crippen LogP contribution is -2.27. The van der Waals surface area contributed by atoms with Crippen molar-refractivity contribution in [1.29, 1.82) is 0 Å². The fourth-order valence-corrected chi connectivity index (χ4v) is 3.37. The molecule has 2 aromatic carbocycles. The lowest BCUT2D eigenvalue weighted by atomic mass is 10.0. The van der Waals surface area contributed by atoms with Crippen molar-refractivity contribution >= 4 is 17.2 Å². The van der Waals surface area contributed by atoms with E-state index in [-0.39, 0.29) is 17.6 Å². The number of phenols is 1. The maximum atomic E-state index is 12.4. The number of hydrogen-bond acceptors (Lipinski definition) is 5. The van der Waals surface area contributed by atoms with Gasteiger partial charge < -0.3 is 15.2 Å². The van der Waals surface area contributed by atoms with Gasteiger partial charge in [0.1, 0.15) is 16.5 Å². The van der Waals surface area contributed by atoms with Crippen molar-refractivity contribution in [3.63, 3.8) is 0 Å². The summed E-state index contributed by atoms with van der Waals surface area (Å²) in [6, 6.07) is 14.4. The zero-order valence-corrected chi connectivity index (χ0v) is 15.4. The van der Waals surface area contributed by atoms with Gasteiger partial charge in [0.2, 0.25) is 5.91 Å². The second-order valence-electron chi connectivity index (χ2n) is 5.89. The predicted octanol–water partition coefficient (Wildman–Crippen LogP) is 3.94. The molecule has 0 spiro atoms. The average Bonchev–Trinajstić information content (AvgIpc) is 3.15. The molecule has 1 amide bonds. The summed E-state index contributed by atoms with van der Waals surface area (Å²) >= 11 is 1.54. The van der Waals surface area contributed by atoms with Crippen LogP contribution < -0.4 is 10.1 Å². The Morgan fingerprint density at radius 3 is 2.77 bits per heavy atom. The molecule has 3 aromatic rings. The van der Waals surface area contributed by atoms with E-state index in [0.717, 1.165) is 26.8 Å². The molecule has 0 radical (unpaired) electrons. The molecule has 6 heteroatoms. The molecule has 0 bridgehead atoms. The molecular formula is C20H20N2O3S. The standard InChI is InChI=1S/C20H20N2O3S/c1-13(14-6-8-16(23)9-7-14)19(24)21-11-18-12-22-20(26-18)15-4-3-5-17(10-15)25-2/h3-10,12-13,23H,11H2,1-2H3,(H,21,24). The number of phenolic OH excluding ortho intramolecular Hbond substituents is 1. The van der Waals surface area contributed by atoms with E-state index in [9.17, 15) is 9.90 Å². The molecule has 0 aliphatic carbocycles. The first kappa shape index (κ1) is 17.9. The molecule has 0 saturated heterocycles. The van der Waals surface area contributed by atoms with Crippen LogP contribution in [0.25, 0.3) is 10.6 Å². The highest BCUT2D eigenvalue weighted by molar-refractivity contribution is 7.15. The molecule has 1 atom stereocenters. The Bertz CT molecular complexity index is 890. The highest BCUT2D eigenvalue weighted by Gasteiger charge is 2.15. The van der Waals surface area contributed by atoms with E-state index < -0.39 is 0 Å². The number of rotatable bonds is 6. The van der Waals surface area contributed by atoms with Crippen LogP contribution in [0.5, 0.6) is 11.5 Å². The van der Waals surface area contributed by atoms with E-state index in [0.29, 0.717) is 6.54 Å². The Kier molecular flexibility index (Phi) is 5.53. The quantitative estimate of drug-likeness (QED) is 0.691. The van der Waals surface area contributed by atoms with Crippen LogP contribution in [0.15, 0.2) is 54.7 Å². The number of amides is 1. The number of methoxy groups -OCH3 is 1. The molecule has 134 valence electrons. The molecule has 2 N–H and O–H groups in total. The number of carbonyl (C=O) groups is 1. The SMILES string of the molecule is COc1cccc(-c2ncc(CNC(=O)C(C)c3ccc(O)cc3)s2)c1. The Hall–Kier alpha value is -2.86. The highest BCUT2D eigenvalue weighted by atomic mass is 32.1. The minimum Gasteiger partial charge on any atom is -0.508 e. The van der Waals surface area contributed by atoms with Crippen LogP contribution in [0.3, 0.4) is 0 Å². The Labute approximate surface area is 156 Å². The maximum Gasteiger partial charge on any atom is 0.227 e. The summed E-state index contributed by atoms with van der Waals surface area (Å²) in [6.45, 7) is 2.28. The second-order valence-corrected chi connectivity index (χ2v) is 7.01. The summed E-state index contributed by atoms with van der Waals surface area (Å²) in [7, 11) is 1.64. The maximum absolute atomic E-state index is 12.4. The third-order valence-electron chi connectivity index (χ3n) is 4.09. The van der Waals surface area contributed by atoms with Gasteiger partial charge in [0.15, 0.2) is 0 Å². The molecule has 0 aliphatic rings. The summed E-state index contributed by atoms with van der Waals surface area (Å²) in [5.41, 5.74) is 1.85. The molecule has 26 heavy (non-hydrogen) atoms. The monoisotopic (exact) mass is 368 g/mol. The van der Waals surface area contributed by atoms with E-state index in [1.165, 1.54) is 0 Å². The van der Waals surface area contributed by atoms with Crippen LogP contribution in [0, 0.1) is 0 Å². The van der Waals surface area contributed by atoms with Crippen molar-refractivity contribution in [3.8, 4) is 22.1 Å². The lowest BCUT2D eigenvalue weighted by molar-refractivity contribution is -0.122. The fourth-order valence-electron chi connectivity index (χ4n) is 2.52. The molecular weight excluding hydrogens is 348 g/mol. The molecule has 1 aromatic heterocycles. The smallest absolute Gasteiger partial charge is 0.227 e. The fraction of sp³-hybridized carbons (Fsp3) is 0.200. The Morgan fingerprint density at radius 2 is 2.04 bits per heavy atom. The first-order chi connectivity index (χ1) is 12.6. The van der Waals surface area contributed by atoms with Gasteiger partial charge in [-0.3, -0.25) is 4.79 Å². The molecule has 0 saturated carbocycles. The number of benzene rings is 2. The number of ether oxygens (including phenoxy) is 1. The topological polar surface area (TPSA) is 71.5 Å². The summed E-state index contributed by atoms with van der Waals surface area (Å²) in [4.78, 5) is 17.8. The van der Waals surface area contributed by atoms with E-state index in [2.05, 4.69) is 10.3 Å². The molecule has 3 rings (SSSR count). The zero-order valence-electron chi connectivity index (χ0n) is 14.6. The van der Waals surface area contributed by atoms with Crippen LogP contribution in [-0.2, 0) is 11.3 Å². The molecule has 0 fully saturated rings. The zero-order chi connectivity index (χ0) is 18.5. The van der Waals surface area contributed by atoms with Gasteiger partial charge in [0.25, 0.3) is 0 Å². The summed E-state index contributed by atoms with van der Waals surface area (Å²) in [5.74, 6) is 0.625. The van der Waals surface area contributed by atoms with E-state index in [1.54, 1.807) is 48.9 Å². The van der Waals surface area contributed by atoms with Crippen molar-refractivity contribution in [2.45, 2.75) is 19.4 Å². The van der Waals surface area contributed by atoms with Crippen LogP contribution >= 0.6 is 11.3 Å². The van der Waals surface area contributed by atoms with Gasteiger partial charge in [0, 0.05) is 16.6 Å². The third kappa shape index (κ3) is 4.21. The van der Waals surface area contributed by atoms with Crippen LogP contribution in [-0.4, -0.2) is 23.1 Å². The molecule has 1 heterocycles. The lowest BCUT2D eigenvalue weighted by Gasteiger charge is -2.12. The summed E-state index contributed by atoms with van der Waals surface area (Å²) in [5, 5.41) is 13.2. The van der Waals surface area contributed by atoms with Crippen molar-refractivity contribution in [1.82, 2.24) is 10.3 Å². The number of nitrogens with zero attached hydrogens (tertiary/aromatic N) is 1. The molecule has 0 aliphatic heterocycles. The molecule has 5 nitrogen and oxygen atoms in total. The minimum absolute atomic E-state index is 0.0629. The van der Waals surface area contributed by atoms with Crippen molar-refractivity contribution in [2.75, 3.05) is 7.11 Å². The van der Waals surface area contributed by atoms with Gasteiger partial charge in [-0.2, -0.15) is 0 Å². The van der Waals surface area contributed by atoms with Crippen molar-refractivity contribution < 1.29 is 14.6 Å². The second kappa shape index (κ2) is 8.01. The summed E-state index contributed by atoms with van der Waals surface area (Å²) in [6.07, 6.45) is 1.78. The minimum atomic E-state index is -0.290. The van der Waals surface area contributed by atoms with Crippen LogP contribution in [0.2, 0.25) is 0 Å². The van der Waals surface area contributed by atoms with Crippen LogP contribution in [0.4, 0.5) is 0 Å². The number of thiazole rings is 1. The van der Waals surface area contributed by atoms with E-state index in [4.69, 9.17) is 4.74 Å². The number of carbonyl (C=O) groups excluding carboxylic acids is 1. The highest BCUT2D eigenvalue weighted by Crippen LogP contribution is 2.28. The number of aromatic hydroxyl groups is 1. The van der Waals surface area contributed by atoms with Gasteiger partial charge in [-0.25, -0.2) is 4.98 Å². The van der Waals surface area contributed by atoms with Crippen molar-refractivity contribution in [2.24, 2.45) is 0 Å². The number of aromatic nitrogens is 1. The summed E-state index contributed by atoms with van der Waals surface area (Å²) < 4.78 is 5.24. The largest absolute Gasteiger partial charge is 0.508 e. The van der Waals surface area contributed by atoms with E-state index in [1.807, 2.05) is 31.2 Å². The Morgan fingerprint density at radius 1 is 1.27 bits per heavy atom. The average molecular weight is 368 g/mol. The van der Waals surface area contributed by atoms with Gasteiger partial charge in [0.05, 0.1) is 19.6 Å². The van der Waals surface area contributed by atoms with E-state index >= 15 is 0 Å². The predicted molar refractivity (Wildman–Crippen MR) is 102 cm³/mol.